The first-order chi connectivity index (χ1) is 8.33. The van der Waals surface area contributed by atoms with E-state index in [1.54, 1.807) is 18.2 Å². The molecule has 2 aromatic heterocycles. The van der Waals surface area contributed by atoms with Crippen molar-refractivity contribution in [2.24, 2.45) is 0 Å². The van der Waals surface area contributed by atoms with E-state index in [-0.39, 0.29) is 5.82 Å². The summed E-state index contributed by atoms with van der Waals surface area (Å²) in [7, 11) is 0. The van der Waals surface area contributed by atoms with Crippen molar-refractivity contribution in [3.05, 3.63) is 48.7 Å². The number of rotatable bonds is 2. The molecule has 0 aliphatic carbocycles. The number of halogens is 1. The van der Waals surface area contributed by atoms with Crippen molar-refractivity contribution in [1.29, 1.82) is 0 Å². The number of aromatic nitrogens is 2. The van der Waals surface area contributed by atoms with Crippen molar-refractivity contribution >= 4 is 0 Å². The van der Waals surface area contributed by atoms with Crippen molar-refractivity contribution in [3.63, 3.8) is 0 Å². The average Bonchev–Trinajstić information content (AvgIpc) is 3.00. The quantitative estimate of drug-likeness (QED) is 0.678. The fourth-order valence-corrected chi connectivity index (χ4v) is 1.44. The van der Waals surface area contributed by atoms with Crippen LogP contribution in [0.25, 0.3) is 22.8 Å². The van der Waals surface area contributed by atoms with Gasteiger partial charge >= 0.3 is 0 Å². The lowest BCUT2D eigenvalue weighted by Gasteiger charge is -1.92. The van der Waals surface area contributed by atoms with E-state index in [1.165, 1.54) is 24.7 Å². The van der Waals surface area contributed by atoms with Gasteiger partial charge in [-0.1, -0.05) is 5.16 Å². The van der Waals surface area contributed by atoms with Gasteiger partial charge in [0, 0.05) is 5.56 Å². The molecule has 0 fully saturated rings. The lowest BCUT2D eigenvalue weighted by molar-refractivity contribution is 0.431. The lowest BCUT2D eigenvalue weighted by atomic mass is 10.2. The second-order valence-corrected chi connectivity index (χ2v) is 3.44. The average molecular weight is 230 g/mol. The van der Waals surface area contributed by atoms with E-state index in [9.17, 15) is 4.39 Å². The molecule has 0 amide bonds. The smallest absolute Gasteiger partial charge is 0.261 e. The van der Waals surface area contributed by atoms with Gasteiger partial charge in [-0.15, -0.1) is 0 Å². The molecule has 0 aliphatic rings. The summed E-state index contributed by atoms with van der Waals surface area (Å²) in [5.41, 5.74) is 1.41. The largest absolute Gasteiger partial charge is 0.472 e. The Morgan fingerprint density at radius 1 is 1.00 bits per heavy atom. The Morgan fingerprint density at radius 2 is 1.82 bits per heavy atom. The van der Waals surface area contributed by atoms with Gasteiger partial charge in [0.05, 0.1) is 11.8 Å². The van der Waals surface area contributed by atoms with Crippen molar-refractivity contribution in [3.8, 4) is 22.8 Å². The third-order valence-corrected chi connectivity index (χ3v) is 2.30. The molecule has 3 aromatic rings. The molecule has 0 N–H and O–H groups in total. The molecule has 5 heteroatoms. The van der Waals surface area contributed by atoms with Crippen LogP contribution in [0.1, 0.15) is 0 Å². The zero-order valence-electron chi connectivity index (χ0n) is 8.63. The maximum atomic E-state index is 12.8. The second kappa shape index (κ2) is 3.86. The minimum Gasteiger partial charge on any atom is -0.472 e. The summed E-state index contributed by atoms with van der Waals surface area (Å²) in [5, 5.41) is 3.82. The Balaban J connectivity index is 1.98. The van der Waals surface area contributed by atoms with Gasteiger partial charge < -0.3 is 8.94 Å². The Labute approximate surface area is 95.7 Å². The van der Waals surface area contributed by atoms with E-state index < -0.39 is 0 Å². The first kappa shape index (κ1) is 9.77. The molecule has 84 valence electrons. The van der Waals surface area contributed by atoms with Gasteiger partial charge in [0.25, 0.3) is 5.89 Å². The highest BCUT2D eigenvalue weighted by molar-refractivity contribution is 5.58. The fraction of sp³-hybridized carbons (Fsp3) is 0. The number of furan rings is 1. The molecule has 0 spiro atoms. The summed E-state index contributed by atoms with van der Waals surface area (Å²) in [4.78, 5) is 4.19. The molecule has 0 unspecified atom stereocenters. The fourth-order valence-electron chi connectivity index (χ4n) is 1.44. The Hall–Kier alpha value is -2.43. The molecular weight excluding hydrogens is 223 g/mol. The molecule has 1 aromatic carbocycles. The molecule has 2 heterocycles. The maximum absolute atomic E-state index is 12.8. The highest BCUT2D eigenvalue weighted by Gasteiger charge is 2.11. The van der Waals surface area contributed by atoms with Crippen LogP contribution < -0.4 is 0 Å². The zero-order chi connectivity index (χ0) is 11.7. The number of hydrogen-bond acceptors (Lipinski definition) is 4. The summed E-state index contributed by atoms with van der Waals surface area (Å²) in [6, 6.07) is 7.62. The summed E-state index contributed by atoms with van der Waals surface area (Å²) < 4.78 is 22.8. The van der Waals surface area contributed by atoms with Crippen molar-refractivity contribution < 1.29 is 13.3 Å². The summed E-state index contributed by atoms with van der Waals surface area (Å²) in [6.07, 6.45) is 3.04. The second-order valence-electron chi connectivity index (χ2n) is 3.44. The standard InChI is InChI=1S/C12H7FN2O2/c13-10-3-1-8(2-4-10)11-14-12(17-15-11)9-5-6-16-7-9/h1-7H. The highest BCUT2D eigenvalue weighted by atomic mass is 19.1. The van der Waals surface area contributed by atoms with Crippen LogP contribution in [-0.2, 0) is 0 Å². The molecule has 0 saturated heterocycles. The Kier molecular flexibility index (Phi) is 2.22. The molecule has 17 heavy (non-hydrogen) atoms. The Morgan fingerprint density at radius 3 is 2.53 bits per heavy atom. The first-order valence-electron chi connectivity index (χ1n) is 4.95. The zero-order valence-corrected chi connectivity index (χ0v) is 8.63. The van der Waals surface area contributed by atoms with Crippen molar-refractivity contribution in [2.75, 3.05) is 0 Å². The Bertz CT molecular complexity index is 614. The van der Waals surface area contributed by atoms with Crippen LogP contribution in [-0.4, -0.2) is 10.1 Å². The van der Waals surface area contributed by atoms with Crippen LogP contribution in [0.2, 0.25) is 0 Å². The molecule has 0 radical (unpaired) electrons. The molecule has 0 atom stereocenters. The lowest BCUT2D eigenvalue weighted by Crippen LogP contribution is -1.81. The van der Waals surface area contributed by atoms with Gasteiger partial charge in [-0.3, -0.25) is 0 Å². The molecular formula is C12H7FN2O2. The van der Waals surface area contributed by atoms with Gasteiger partial charge in [0.15, 0.2) is 0 Å². The number of hydrogen-bond donors (Lipinski definition) is 0. The number of benzene rings is 1. The number of nitrogens with zero attached hydrogens (tertiary/aromatic N) is 2. The van der Waals surface area contributed by atoms with Crippen molar-refractivity contribution in [1.82, 2.24) is 10.1 Å². The predicted molar refractivity (Wildman–Crippen MR) is 57.4 cm³/mol. The van der Waals surface area contributed by atoms with E-state index in [0.717, 1.165) is 0 Å². The molecule has 0 aliphatic heterocycles. The van der Waals surface area contributed by atoms with E-state index in [2.05, 4.69) is 10.1 Å². The van der Waals surface area contributed by atoms with Gasteiger partial charge in [-0.05, 0) is 30.3 Å². The SMILES string of the molecule is Fc1ccc(-c2noc(-c3ccoc3)n2)cc1. The van der Waals surface area contributed by atoms with Crippen LogP contribution in [0.4, 0.5) is 4.39 Å². The van der Waals surface area contributed by atoms with E-state index >= 15 is 0 Å². The van der Waals surface area contributed by atoms with Gasteiger partial charge in [-0.25, -0.2) is 4.39 Å². The minimum absolute atomic E-state index is 0.299. The van der Waals surface area contributed by atoms with E-state index in [4.69, 9.17) is 8.94 Å². The van der Waals surface area contributed by atoms with Crippen LogP contribution in [0, 0.1) is 5.82 Å². The molecule has 0 saturated carbocycles. The predicted octanol–water partition coefficient (Wildman–Crippen LogP) is 3.14. The van der Waals surface area contributed by atoms with Crippen LogP contribution >= 0.6 is 0 Å². The van der Waals surface area contributed by atoms with Crippen LogP contribution in [0.3, 0.4) is 0 Å². The normalized spacial score (nSPS) is 10.6. The molecule has 4 nitrogen and oxygen atoms in total. The summed E-state index contributed by atoms with van der Waals surface area (Å²) in [5.74, 6) is 0.492. The molecule has 0 bridgehead atoms. The van der Waals surface area contributed by atoms with Crippen LogP contribution in [0.15, 0.2) is 51.8 Å². The summed E-state index contributed by atoms with van der Waals surface area (Å²) in [6.45, 7) is 0. The first-order valence-corrected chi connectivity index (χ1v) is 4.95. The highest BCUT2D eigenvalue weighted by Crippen LogP contribution is 2.22. The van der Waals surface area contributed by atoms with E-state index in [1.807, 2.05) is 0 Å². The van der Waals surface area contributed by atoms with Crippen molar-refractivity contribution in [2.45, 2.75) is 0 Å². The third kappa shape index (κ3) is 1.82. The monoisotopic (exact) mass is 230 g/mol. The van der Waals surface area contributed by atoms with Crippen LogP contribution in [0.5, 0.6) is 0 Å². The molecule has 3 rings (SSSR count). The van der Waals surface area contributed by atoms with Gasteiger partial charge in [-0.2, -0.15) is 4.98 Å². The maximum Gasteiger partial charge on any atom is 0.261 e. The third-order valence-electron chi connectivity index (χ3n) is 2.30. The van der Waals surface area contributed by atoms with E-state index in [0.29, 0.717) is 22.8 Å². The van der Waals surface area contributed by atoms with Gasteiger partial charge in [0.2, 0.25) is 5.82 Å². The van der Waals surface area contributed by atoms with Gasteiger partial charge in [0.1, 0.15) is 12.1 Å². The summed E-state index contributed by atoms with van der Waals surface area (Å²) >= 11 is 0. The topological polar surface area (TPSA) is 52.1 Å². The minimum atomic E-state index is -0.299.